The Morgan fingerprint density at radius 1 is 1.58 bits per heavy atom. The van der Waals surface area contributed by atoms with Crippen LogP contribution in [0.3, 0.4) is 0 Å². The Kier molecular flexibility index (Phi) is 2.54. The SMILES string of the molecule is Cc1cc(NN)c(Cl)cc1C#N. The van der Waals surface area contributed by atoms with E-state index in [1.807, 2.05) is 13.0 Å². The molecule has 0 spiro atoms. The number of aryl methyl sites for hydroxylation is 1. The van der Waals surface area contributed by atoms with Gasteiger partial charge in [0.05, 0.1) is 22.3 Å². The van der Waals surface area contributed by atoms with Crippen molar-refractivity contribution in [1.82, 2.24) is 0 Å². The highest BCUT2D eigenvalue weighted by Crippen LogP contribution is 2.24. The molecule has 0 bridgehead atoms. The standard InChI is InChI=1S/C8H8ClN3/c1-5-2-8(12-11)7(9)3-6(5)4-10/h2-3,12H,11H2,1H3. The smallest absolute Gasteiger partial charge is 0.0994 e. The first-order valence-electron chi connectivity index (χ1n) is 3.36. The molecule has 1 rings (SSSR count). The summed E-state index contributed by atoms with van der Waals surface area (Å²) in [4.78, 5) is 0. The number of halogens is 1. The van der Waals surface area contributed by atoms with Crippen LogP contribution in [0.15, 0.2) is 12.1 Å². The number of nitrogen functional groups attached to an aromatic ring is 1. The highest BCUT2D eigenvalue weighted by atomic mass is 35.5. The van der Waals surface area contributed by atoms with Gasteiger partial charge < -0.3 is 5.43 Å². The minimum Gasteiger partial charge on any atom is -0.323 e. The van der Waals surface area contributed by atoms with Crippen LogP contribution in [-0.4, -0.2) is 0 Å². The van der Waals surface area contributed by atoms with Gasteiger partial charge in [-0.15, -0.1) is 0 Å². The Bertz CT molecular complexity index is 340. The summed E-state index contributed by atoms with van der Waals surface area (Å²) >= 11 is 5.79. The molecule has 4 heteroatoms. The molecule has 0 aromatic heterocycles. The Hall–Kier alpha value is -1.24. The van der Waals surface area contributed by atoms with Crippen molar-refractivity contribution in [3.8, 4) is 6.07 Å². The summed E-state index contributed by atoms with van der Waals surface area (Å²) in [6.07, 6.45) is 0. The summed E-state index contributed by atoms with van der Waals surface area (Å²) in [7, 11) is 0. The van der Waals surface area contributed by atoms with E-state index in [0.29, 0.717) is 16.3 Å². The first-order valence-corrected chi connectivity index (χ1v) is 3.73. The Labute approximate surface area is 75.7 Å². The number of hydrogen-bond donors (Lipinski definition) is 2. The number of nitrogens with one attached hydrogen (secondary N) is 1. The summed E-state index contributed by atoms with van der Waals surface area (Å²) in [5, 5.41) is 9.10. The maximum atomic E-state index is 8.65. The fourth-order valence-corrected chi connectivity index (χ4v) is 1.13. The molecule has 0 saturated carbocycles. The molecule has 0 amide bonds. The number of rotatable bonds is 1. The number of nitrogens with zero attached hydrogens (tertiary/aromatic N) is 1. The molecule has 0 aliphatic heterocycles. The zero-order valence-corrected chi connectivity index (χ0v) is 7.31. The predicted octanol–water partition coefficient (Wildman–Crippen LogP) is 1.81. The Morgan fingerprint density at radius 2 is 2.25 bits per heavy atom. The maximum Gasteiger partial charge on any atom is 0.0994 e. The van der Waals surface area contributed by atoms with Gasteiger partial charge in [-0.3, -0.25) is 5.84 Å². The molecule has 62 valence electrons. The molecule has 0 fully saturated rings. The summed E-state index contributed by atoms with van der Waals surface area (Å²) in [6.45, 7) is 1.83. The fourth-order valence-electron chi connectivity index (χ4n) is 0.913. The lowest BCUT2D eigenvalue weighted by atomic mass is 10.1. The van der Waals surface area contributed by atoms with Crippen LogP contribution in [0.25, 0.3) is 0 Å². The van der Waals surface area contributed by atoms with Gasteiger partial charge in [-0.05, 0) is 24.6 Å². The van der Waals surface area contributed by atoms with E-state index in [2.05, 4.69) is 5.43 Å². The Morgan fingerprint density at radius 3 is 2.75 bits per heavy atom. The number of hydrazine groups is 1. The molecule has 12 heavy (non-hydrogen) atoms. The van der Waals surface area contributed by atoms with Crippen LogP contribution in [0, 0.1) is 18.3 Å². The highest BCUT2D eigenvalue weighted by Gasteiger charge is 2.03. The quantitative estimate of drug-likeness (QED) is 0.513. The van der Waals surface area contributed by atoms with Gasteiger partial charge in [0.25, 0.3) is 0 Å². The maximum absolute atomic E-state index is 8.65. The lowest BCUT2D eigenvalue weighted by Crippen LogP contribution is -2.07. The van der Waals surface area contributed by atoms with Crippen molar-refractivity contribution >= 4 is 17.3 Å². The number of hydrogen-bond acceptors (Lipinski definition) is 3. The average Bonchev–Trinajstić information content (AvgIpc) is 2.08. The second-order valence-corrected chi connectivity index (χ2v) is 2.81. The molecule has 0 heterocycles. The molecule has 0 aliphatic carbocycles. The fraction of sp³-hybridized carbons (Fsp3) is 0.125. The van der Waals surface area contributed by atoms with Gasteiger partial charge in [-0.25, -0.2) is 0 Å². The second-order valence-electron chi connectivity index (χ2n) is 2.40. The van der Waals surface area contributed by atoms with E-state index in [-0.39, 0.29) is 0 Å². The molecule has 1 aromatic rings. The first-order chi connectivity index (χ1) is 5.69. The van der Waals surface area contributed by atoms with Crippen molar-refractivity contribution in [1.29, 1.82) is 5.26 Å². The van der Waals surface area contributed by atoms with E-state index in [4.69, 9.17) is 22.7 Å². The van der Waals surface area contributed by atoms with Gasteiger partial charge in [0, 0.05) is 0 Å². The topological polar surface area (TPSA) is 61.8 Å². The number of benzene rings is 1. The minimum atomic E-state index is 0.458. The molecule has 0 aliphatic rings. The van der Waals surface area contributed by atoms with Crippen molar-refractivity contribution in [2.24, 2.45) is 5.84 Å². The molecular formula is C8H8ClN3. The molecule has 0 atom stereocenters. The lowest BCUT2D eigenvalue weighted by Gasteiger charge is -2.05. The molecule has 0 radical (unpaired) electrons. The third-order valence-electron chi connectivity index (χ3n) is 1.59. The largest absolute Gasteiger partial charge is 0.323 e. The van der Waals surface area contributed by atoms with Gasteiger partial charge in [-0.1, -0.05) is 11.6 Å². The molecule has 0 unspecified atom stereocenters. The van der Waals surface area contributed by atoms with Crippen LogP contribution in [0.5, 0.6) is 0 Å². The van der Waals surface area contributed by atoms with Crippen LogP contribution in [0.4, 0.5) is 5.69 Å². The van der Waals surface area contributed by atoms with E-state index in [0.717, 1.165) is 5.56 Å². The molecule has 3 nitrogen and oxygen atoms in total. The molecule has 0 saturated heterocycles. The summed E-state index contributed by atoms with van der Waals surface area (Å²) in [6, 6.07) is 5.36. The van der Waals surface area contributed by atoms with E-state index < -0.39 is 0 Å². The normalized spacial score (nSPS) is 9.17. The van der Waals surface area contributed by atoms with Crippen LogP contribution in [0.2, 0.25) is 5.02 Å². The van der Waals surface area contributed by atoms with Gasteiger partial charge in [0.2, 0.25) is 0 Å². The van der Waals surface area contributed by atoms with Crippen LogP contribution < -0.4 is 11.3 Å². The number of nitriles is 1. The first kappa shape index (κ1) is 8.85. The molecule has 3 N–H and O–H groups in total. The van der Waals surface area contributed by atoms with Crippen molar-refractivity contribution in [3.05, 3.63) is 28.3 Å². The van der Waals surface area contributed by atoms with E-state index in [9.17, 15) is 0 Å². The van der Waals surface area contributed by atoms with Gasteiger partial charge >= 0.3 is 0 Å². The summed E-state index contributed by atoms with van der Waals surface area (Å²) in [5.41, 5.74) is 4.50. The average molecular weight is 182 g/mol. The second kappa shape index (κ2) is 3.44. The minimum absolute atomic E-state index is 0.458. The Balaban J connectivity index is 3.28. The van der Waals surface area contributed by atoms with Gasteiger partial charge in [0.1, 0.15) is 0 Å². The zero-order chi connectivity index (χ0) is 9.14. The van der Waals surface area contributed by atoms with E-state index >= 15 is 0 Å². The van der Waals surface area contributed by atoms with Gasteiger partial charge in [0.15, 0.2) is 0 Å². The van der Waals surface area contributed by atoms with Crippen LogP contribution in [-0.2, 0) is 0 Å². The van der Waals surface area contributed by atoms with Crippen molar-refractivity contribution < 1.29 is 0 Å². The van der Waals surface area contributed by atoms with Crippen molar-refractivity contribution in [2.75, 3.05) is 5.43 Å². The van der Waals surface area contributed by atoms with Crippen LogP contribution in [0.1, 0.15) is 11.1 Å². The number of anilines is 1. The van der Waals surface area contributed by atoms with E-state index in [1.54, 1.807) is 12.1 Å². The third kappa shape index (κ3) is 1.50. The van der Waals surface area contributed by atoms with Crippen molar-refractivity contribution in [2.45, 2.75) is 6.92 Å². The summed E-state index contributed by atoms with van der Waals surface area (Å²) in [5.74, 6) is 5.19. The monoisotopic (exact) mass is 181 g/mol. The summed E-state index contributed by atoms with van der Waals surface area (Å²) < 4.78 is 0. The highest BCUT2D eigenvalue weighted by molar-refractivity contribution is 6.33. The third-order valence-corrected chi connectivity index (χ3v) is 1.90. The number of nitrogens with two attached hydrogens (primary N) is 1. The van der Waals surface area contributed by atoms with E-state index in [1.165, 1.54) is 0 Å². The predicted molar refractivity (Wildman–Crippen MR) is 48.7 cm³/mol. The van der Waals surface area contributed by atoms with Crippen molar-refractivity contribution in [3.63, 3.8) is 0 Å². The molecule has 1 aromatic carbocycles. The zero-order valence-electron chi connectivity index (χ0n) is 6.56. The van der Waals surface area contributed by atoms with Crippen LogP contribution >= 0.6 is 11.6 Å². The van der Waals surface area contributed by atoms with Gasteiger partial charge in [-0.2, -0.15) is 5.26 Å². The lowest BCUT2D eigenvalue weighted by molar-refractivity contribution is 1.32. The molecular weight excluding hydrogens is 174 g/mol.